The SMILES string of the molecule is CCNC(CCC(C)C)c1ccc2cc(Br)ccc2c1. The van der Waals surface area contributed by atoms with E-state index in [0.717, 1.165) is 16.9 Å². The summed E-state index contributed by atoms with van der Waals surface area (Å²) in [6.45, 7) is 7.78. The molecule has 1 unspecified atom stereocenters. The maximum Gasteiger partial charge on any atom is 0.0320 e. The molecule has 2 aromatic rings. The third-order valence-electron chi connectivity index (χ3n) is 3.71. The van der Waals surface area contributed by atoms with Crippen molar-refractivity contribution in [2.75, 3.05) is 6.54 Å². The third kappa shape index (κ3) is 4.07. The van der Waals surface area contributed by atoms with Gasteiger partial charge < -0.3 is 5.32 Å². The molecule has 1 atom stereocenters. The van der Waals surface area contributed by atoms with Crippen LogP contribution in [0.4, 0.5) is 0 Å². The highest BCUT2D eigenvalue weighted by Crippen LogP contribution is 2.26. The van der Waals surface area contributed by atoms with Crippen LogP contribution in [0.15, 0.2) is 40.9 Å². The lowest BCUT2D eigenvalue weighted by atomic mass is 9.95. The zero-order valence-corrected chi connectivity index (χ0v) is 14.2. The molecule has 0 aliphatic heterocycles. The van der Waals surface area contributed by atoms with Gasteiger partial charge in [0.05, 0.1) is 0 Å². The zero-order valence-electron chi connectivity index (χ0n) is 12.6. The van der Waals surface area contributed by atoms with Crippen molar-refractivity contribution in [2.24, 2.45) is 5.92 Å². The largest absolute Gasteiger partial charge is 0.310 e. The van der Waals surface area contributed by atoms with E-state index in [2.05, 4.69) is 78.4 Å². The fourth-order valence-corrected chi connectivity index (χ4v) is 2.96. The summed E-state index contributed by atoms with van der Waals surface area (Å²) in [5.41, 5.74) is 1.40. The van der Waals surface area contributed by atoms with E-state index in [1.807, 2.05) is 0 Å². The molecule has 0 aromatic heterocycles. The van der Waals surface area contributed by atoms with Gasteiger partial charge in [0.1, 0.15) is 0 Å². The number of rotatable bonds is 6. The second-order valence-corrected chi connectivity index (χ2v) is 6.75. The van der Waals surface area contributed by atoms with E-state index in [1.165, 1.54) is 29.2 Å². The fraction of sp³-hybridized carbons (Fsp3) is 0.444. The minimum absolute atomic E-state index is 0.468. The molecular formula is C18H24BrN. The first-order valence-electron chi connectivity index (χ1n) is 7.52. The normalized spacial score (nSPS) is 13.1. The van der Waals surface area contributed by atoms with Gasteiger partial charge in [-0.2, -0.15) is 0 Å². The Morgan fingerprint density at radius 1 is 1.00 bits per heavy atom. The maximum atomic E-state index is 3.62. The van der Waals surface area contributed by atoms with Gasteiger partial charge in [-0.05, 0) is 59.8 Å². The van der Waals surface area contributed by atoms with Crippen molar-refractivity contribution in [1.29, 1.82) is 0 Å². The molecule has 20 heavy (non-hydrogen) atoms. The predicted molar refractivity (Wildman–Crippen MR) is 92.1 cm³/mol. The number of nitrogens with one attached hydrogen (secondary N) is 1. The highest BCUT2D eigenvalue weighted by Gasteiger charge is 2.11. The molecule has 2 heteroatoms. The number of fused-ring (bicyclic) bond motifs is 1. The van der Waals surface area contributed by atoms with Crippen molar-refractivity contribution in [2.45, 2.75) is 39.7 Å². The number of halogens is 1. The van der Waals surface area contributed by atoms with Crippen LogP contribution in [-0.2, 0) is 0 Å². The monoisotopic (exact) mass is 333 g/mol. The molecule has 0 bridgehead atoms. The van der Waals surface area contributed by atoms with Crippen LogP contribution in [0, 0.1) is 5.92 Å². The van der Waals surface area contributed by atoms with E-state index < -0.39 is 0 Å². The second kappa shape index (κ2) is 7.24. The summed E-state index contributed by atoms with van der Waals surface area (Å²) in [6.07, 6.45) is 2.46. The summed E-state index contributed by atoms with van der Waals surface area (Å²) in [7, 11) is 0. The Balaban J connectivity index is 2.25. The molecule has 2 rings (SSSR count). The molecule has 0 spiro atoms. The van der Waals surface area contributed by atoms with Crippen LogP contribution < -0.4 is 5.32 Å². The van der Waals surface area contributed by atoms with Crippen molar-refractivity contribution < 1.29 is 0 Å². The molecular weight excluding hydrogens is 310 g/mol. The Labute approximate surface area is 130 Å². The number of hydrogen-bond acceptors (Lipinski definition) is 1. The Morgan fingerprint density at radius 2 is 1.70 bits per heavy atom. The number of hydrogen-bond donors (Lipinski definition) is 1. The Morgan fingerprint density at radius 3 is 2.40 bits per heavy atom. The molecule has 0 amide bonds. The van der Waals surface area contributed by atoms with Crippen molar-refractivity contribution >= 4 is 26.7 Å². The summed E-state index contributed by atoms with van der Waals surface area (Å²) in [4.78, 5) is 0. The molecule has 0 heterocycles. The minimum atomic E-state index is 0.468. The van der Waals surface area contributed by atoms with Gasteiger partial charge in [0.2, 0.25) is 0 Å². The van der Waals surface area contributed by atoms with Crippen molar-refractivity contribution in [1.82, 2.24) is 5.32 Å². The van der Waals surface area contributed by atoms with E-state index in [9.17, 15) is 0 Å². The molecule has 1 N–H and O–H groups in total. The average molecular weight is 334 g/mol. The van der Waals surface area contributed by atoms with E-state index in [1.54, 1.807) is 0 Å². The topological polar surface area (TPSA) is 12.0 Å². The van der Waals surface area contributed by atoms with E-state index in [0.29, 0.717) is 6.04 Å². The van der Waals surface area contributed by atoms with E-state index >= 15 is 0 Å². The van der Waals surface area contributed by atoms with Gasteiger partial charge in [0, 0.05) is 10.5 Å². The number of benzene rings is 2. The van der Waals surface area contributed by atoms with Crippen molar-refractivity contribution in [3.8, 4) is 0 Å². The summed E-state index contributed by atoms with van der Waals surface area (Å²) < 4.78 is 1.14. The van der Waals surface area contributed by atoms with Crippen LogP contribution in [0.5, 0.6) is 0 Å². The highest BCUT2D eigenvalue weighted by molar-refractivity contribution is 9.10. The molecule has 0 radical (unpaired) electrons. The average Bonchev–Trinajstić information content (AvgIpc) is 2.42. The fourth-order valence-electron chi connectivity index (χ4n) is 2.58. The Kier molecular flexibility index (Phi) is 5.62. The lowest BCUT2D eigenvalue weighted by Gasteiger charge is -2.20. The predicted octanol–water partition coefficient (Wildman–Crippen LogP) is 5.69. The van der Waals surface area contributed by atoms with Crippen LogP contribution in [0.1, 0.15) is 45.2 Å². The molecule has 1 nitrogen and oxygen atoms in total. The van der Waals surface area contributed by atoms with Crippen LogP contribution in [0.3, 0.4) is 0 Å². The van der Waals surface area contributed by atoms with Gasteiger partial charge in [-0.3, -0.25) is 0 Å². The lowest BCUT2D eigenvalue weighted by molar-refractivity contribution is 0.449. The summed E-state index contributed by atoms with van der Waals surface area (Å²) in [6, 6.07) is 13.8. The standard InChI is InChI=1S/C18H24BrN/c1-4-20-18(10-5-13(2)3)16-7-6-15-12-17(19)9-8-14(15)11-16/h6-9,11-13,18,20H,4-5,10H2,1-3H3. The molecule has 0 aliphatic rings. The lowest BCUT2D eigenvalue weighted by Crippen LogP contribution is -2.21. The minimum Gasteiger partial charge on any atom is -0.310 e. The quantitative estimate of drug-likeness (QED) is 0.716. The smallest absolute Gasteiger partial charge is 0.0320 e. The summed E-state index contributed by atoms with van der Waals surface area (Å²) in [5, 5.41) is 6.23. The molecule has 0 saturated carbocycles. The van der Waals surface area contributed by atoms with Gasteiger partial charge in [0.15, 0.2) is 0 Å². The van der Waals surface area contributed by atoms with Gasteiger partial charge >= 0.3 is 0 Å². The molecule has 0 aliphatic carbocycles. The van der Waals surface area contributed by atoms with Gasteiger partial charge in [-0.15, -0.1) is 0 Å². The molecule has 2 aromatic carbocycles. The zero-order chi connectivity index (χ0) is 14.5. The van der Waals surface area contributed by atoms with Crippen LogP contribution in [0.25, 0.3) is 10.8 Å². The maximum absolute atomic E-state index is 3.62. The summed E-state index contributed by atoms with van der Waals surface area (Å²) in [5.74, 6) is 0.757. The first-order valence-corrected chi connectivity index (χ1v) is 8.32. The molecule has 0 fully saturated rings. The van der Waals surface area contributed by atoms with Gasteiger partial charge in [-0.25, -0.2) is 0 Å². The van der Waals surface area contributed by atoms with Crippen LogP contribution >= 0.6 is 15.9 Å². The Hall–Kier alpha value is -0.860. The first kappa shape index (κ1) is 15.5. The first-order chi connectivity index (χ1) is 9.60. The van der Waals surface area contributed by atoms with E-state index in [-0.39, 0.29) is 0 Å². The Bertz CT molecular complexity index is 562. The molecule has 0 saturated heterocycles. The van der Waals surface area contributed by atoms with Crippen molar-refractivity contribution in [3.63, 3.8) is 0 Å². The van der Waals surface area contributed by atoms with Crippen LogP contribution in [-0.4, -0.2) is 6.54 Å². The van der Waals surface area contributed by atoms with Crippen molar-refractivity contribution in [3.05, 3.63) is 46.4 Å². The summed E-state index contributed by atoms with van der Waals surface area (Å²) >= 11 is 3.53. The molecule has 108 valence electrons. The third-order valence-corrected chi connectivity index (χ3v) is 4.21. The van der Waals surface area contributed by atoms with Gasteiger partial charge in [0.25, 0.3) is 0 Å². The van der Waals surface area contributed by atoms with Gasteiger partial charge in [-0.1, -0.05) is 54.9 Å². The highest BCUT2D eigenvalue weighted by atomic mass is 79.9. The van der Waals surface area contributed by atoms with Crippen LogP contribution in [0.2, 0.25) is 0 Å². The second-order valence-electron chi connectivity index (χ2n) is 5.83. The van der Waals surface area contributed by atoms with E-state index in [4.69, 9.17) is 0 Å².